The summed E-state index contributed by atoms with van der Waals surface area (Å²) in [6.45, 7) is 4.02. The van der Waals surface area contributed by atoms with Crippen molar-refractivity contribution in [2.24, 2.45) is 0 Å². The van der Waals surface area contributed by atoms with E-state index in [1.54, 1.807) is 19.2 Å². The van der Waals surface area contributed by atoms with E-state index >= 15 is 0 Å². The molecule has 0 fully saturated rings. The second-order valence-electron chi connectivity index (χ2n) is 9.16. The predicted octanol–water partition coefficient (Wildman–Crippen LogP) is 3.69. The van der Waals surface area contributed by atoms with E-state index in [4.69, 9.17) is 14.2 Å². The summed E-state index contributed by atoms with van der Waals surface area (Å²) in [6, 6.07) is 22.1. The van der Waals surface area contributed by atoms with Crippen LogP contribution in [0.5, 0.6) is 0 Å². The molecule has 0 amide bonds. The second kappa shape index (κ2) is 15.3. The number of rotatable bonds is 10. The molecule has 0 bridgehead atoms. The molecule has 216 valence electrons. The van der Waals surface area contributed by atoms with Crippen LogP contribution >= 0.6 is 0 Å². The molecule has 1 heterocycles. The van der Waals surface area contributed by atoms with Gasteiger partial charge in [0.05, 0.1) is 23.8 Å². The van der Waals surface area contributed by atoms with Gasteiger partial charge in [0.1, 0.15) is 0 Å². The molecule has 0 radical (unpaired) electrons. The van der Waals surface area contributed by atoms with Gasteiger partial charge in [0.2, 0.25) is 12.2 Å². The van der Waals surface area contributed by atoms with Gasteiger partial charge in [-0.15, -0.1) is 0 Å². The first-order chi connectivity index (χ1) is 19.7. The van der Waals surface area contributed by atoms with Gasteiger partial charge in [0, 0.05) is 7.11 Å². The number of hydrogen-bond donors (Lipinski definition) is 3. The van der Waals surface area contributed by atoms with Crippen LogP contribution in [0, 0.1) is 0 Å². The highest BCUT2D eigenvalue weighted by Crippen LogP contribution is 2.24. The number of carbonyl (C=O) groups excluding carboxylic acids is 2. The molecular formula is C31H33NO9. The molecule has 1 aliphatic rings. The Morgan fingerprint density at radius 2 is 1.34 bits per heavy atom. The first-order valence-electron chi connectivity index (χ1n) is 13.1. The van der Waals surface area contributed by atoms with E-state index in [0.29, 0.717) is 6.04 Å². The Kier molecular flexibility index (Phi) is 11.6. The van der Waals surface area contributed by atoms with Crippen molar-refractivity contribution in [2.45, 2.75) is 38.0 Å². The highest BCUT2D eigenvalue weighted by molar-refractivity contribution is 5.95. The van der Waals surface area contributed by atoms with Crippen LogP contribution in [0.1, 0.15) is 50.4 Å². The summed E-state index contributed by atoms with van der Waals surface area (Å²) in [5, 5.41) is 22.0. The molecule has 0 saturated carbocycles. The molecule has 3 atom stereocenters. The maximum atomic E-state index is 12.0. The van der Waals surface area contributed by atoms with Crippen LogP contribution in [0.4, 0.5) is 0 Å². The number of hydrogen-bond acceptors (Lipinski definition) is 8. The highest BCUT2D eigenvalue weighted by atomic mass is 16.6. The van der Waals surface area contributed by atoms with E-state index in [-0.39, 0.29) is 11.1 Å². The Morgan fingerprint density at radius 1 is 0.829 bits per heavy atom. The van der Waals surface area contributed by atoms with Gasteiger partial charge in [-0.25, -0.2) is 19.2 Å². The molecule has 3 aromatic rings. The zero-order valence-corrected chi connectivity index (χ0v) is 22.8. The summed E-state index contributed by atoms with van der Waals surface area (Å²) in [7, 11) is 1.76. The number of methoxy groups -OCH3 is 1. The summed E-state index contributed by atoms with van der Waals surface area (Å²) >= 11 is 0. The predicted molar refractivity (Wildman–Crippen MR) is 149 cm³/mol. The fourth-order valence-corrected chi connectivity index (χ4v) is 4.22. The lowest BCUT2D eigenvalue weighted by molar-refractivity contribution is -0.166. The van der Waals surface area contributed by atoms with Crippen LogP contribution in [0.2, 0.25) is 0 Å². The van der Waals surface area contributed by atoms with Crippen LogP contribution in [0.3, 0.4) is 0 Å². The molecule has 0 saturated heterocycles. The Morgan fingerprint density at radius 3 is 1.78 bits per heavy atom. The summed E-state index contributed by atoms with van der Waals surface area (Å²) in [4.78, 5) is 46.8. The van der Waals surface area contributed by atoms with E-state index in [1.165, 1.54) is 65.2 Å². The molecule has 3 N–H and O–H groups in total. The standard InChI is InChI=1S/C18H14O8.C13H19NO/c19-15(20)13(25-17(23)11-7-3-1-4-8-11)14(16(21)22)26-18(24)12-9-5-2-6-10-12;1-3-10-4-5-11-6-7-14-13(9-15-2)12(11)8-10/h1-10,13-14H,(H,19,20)(H,21,22);4-5,8,13-14H,3,6-7,9H2,1-2H3/t13-,14-;/m0./s1. The van der Waals surface area contributed by atoms with Gasteiger partial charge in [-0.1, -0.05) is 61.5 Å². The van der Waals surface area contributed by atoms with Gasteiger partial charge in [-0.05, 0) is 60.3 Å². The van der Waals surface area contributed by atoms with Crippen molar-refractivity contribution in [3.63, 3.8) is 0 Å². The highest BCUT2D eigenvalue weighted by Gasteiger charge is 2.41. The lowest BCUT2D eigenvalue weighted by atomic mass is 9.92. The zero-order valence-electron chi connectivity index (χ0n) is 22.8. The smallest absolute Gasteiger partial charge is 0.349 e. The lowest BCUT2D eigenvalue weighted by Gasteiger charge is -2.27. The van der Waals surface area contributed by atoms with Crippen LogP contribution in [-0.2, 0) is 36.6 Å². The average Bonchev–Trinajstić information content (AvgIpc) is 2.99. The monoisotopic (exact) mass is 563 g/mol. The van der Waals surface area contributed by atoms with Gasteiger partial charge in [0.15, 0.2) is 0 Å². The SMILES string of the molecule is CCc1ccc2c(c1)C(COC)NCC2.O=C(O[C@H](C(=O)O)[C@H](OC(=O)c1ccccc1)C(=O)O)c1ccccc1. The van der Waals surface area contributed by atoms with E-state index in [1.807, 2.05) is 0 Å². The number of benzene rings is 3. The fraction of sp³-hybridized carbons (Fsp3) is 0.290. The zero-order chi connectivity index (χ0) is 29.8. The van der Waals surface area contributed by atoms with Crippen LogP contribution in [-0.4, -0.2) is 66.6 Å². The maximum absolute atomic E-state index is 12.0. The molecule has 0 spiro atoms. The largest absolute Gasteiger partial charge is 0.478 e. The third kappa shape index (κ3) is 8.72. The normalized spacial score (nSPS) is 15.2. The van der Waals surface area contributed by atoms with Crippen LogP contribution in [0.25, 0.3) is 0 Å². The van der Waals surface area contributed by atoms with Crippen molar-refractivity contribution < 1.29 is 43.6 Å². The van der Waals surface area contributed by atoms with Crippen LogP contribution in [0.15, 0.2) is 78.9 Å². The number of aliphatic carboxylic acids is 2. The van der Waals surface area contributed by atoms with Crippen LogP contribution < -0.4 is 5.32 Å². The van der Waals surface area contributed by atoms with E-state index < -0.39 is 36.1 Å². The van der Waals surface area contributed by atoms with Crippen molar-refractivity contribution in [1.29, 1.82) is 0 Å². The minimum atomic E-state index is -2.21. The summed E-state index contributed by atoms with van der Waals surface area (Å²) in [6.07, 6.45) is -2.19. The second-order valence-corrected chi connectivity index (χ2v) is 9.16. The Bertz CT molecular complexity index is 1260. The molecule has 1 aliphatic heterocycles. The molecular weight excluding hydrogens is 530 g/mol. The average molecular weight is 564 g/mol. The number of carboxylic acid groups (broad SMARTS) is 2. The first-order valence-corrected chi connectivity index (χ1v) is 13.1. The number of esters is 2. The lowest BCUT2D eigenvalue weighted by Crippen LogP contribution is -2.45. The minimum absolute atomic E-state index is 0.0253. The van der Waals surface area contributed by atoms with Crippen molar-refractivity contribution >= 4 is 23.9 Å². The summed E-state index contributed by atoms with van der Waals surface area (Å²) < 4.78 is 14.8. The Balaban J connectivity index is 0.000000260. The van der Waals surface area contributed by atoms with Gasteiger partial charge in [0.25, 0.3) is 0 Å². The van der Waals surface area contributed by atoms with E-state index in [0.717, 1.165) is 26.0 Å². The number of aryl methyl sites for hydroxylation is 1. The molecule has 10 heteroatoms. The fourth-order valence-electron chi connectivity index (χ4n) is 4.22. The minimum Gasteiger partial charge on any atom is -0.478 e. The number of fused-ring (bicyclic) bond motifs is 1. The third-order valence-corrected chi connectivity index (χ3v) is 6.36. The summed E-state index contributed by atoms with van der Waals surface area (Å²) in [5.74, 6) is -5.63. The van der Waals surface area contributed by atoms with Gasteiger partial charge in [-0.2, -0.15) is 0 Å². The van der Waals surface area contributed by atoms with Crippen molar-refractivity contribution in [3.8, 4) is 0 Å². The number of carbonyl (C=O) groups is 4. The molecule has 1 unspecified atom stereocenters. The molecule has 10 nitrogen and oxygen atoms in total. The molecule has 3 aromatic carbocycles. The van der Waals surface area contributed by atoms with Crippen molar-refractivity contribution in [1.82, 2.24) is 5.32 Å². The first kappa shape index (κ1) is 31.0. The van der Waals surface area contributed by atoms with Crippen molar-refractivity contribution in [3.05, 3.63) is 107 Å². The number of ether oxygens (including phenoxy) is 3. The van der Waals surface area contributed by atoms with Gasteiger partial charge in [-0.3, -0.25) is 0 Å². The van der Waals surface area contributed by atoms with Gasteiger partial charge < -0.3 is 29.7 Å². The molecule has 0 aliphatic carbocycles. The van der Waals surface area contributed by atoms with Gasteiger partial charge >= 0.3 is 23.9 Å². The number of carboxylic acids is 2. The number of nitrogens with one attached hydrogen (secondary N) is 1. The quantitative estimate of drug-likeness (QED) is 0.312. The maximum Gasteiger partial charge on any atom is 0.349 e. The van der Waals surface area contributed by atoms with E-state index in [9.17, 15) is 29.4 Å². The topological polar surface area (TPSA) is 148 Å². The third-order valence-electron chi connectivity index (χ3n) is 6.36. The molecule has 4 rings (SSSR count). The Labute approximate surface area is 237 Å². The Hall–Kier alpha value is -4.54. The van der Waals surface area contributed by atoms with Crippen molar-refractivity contribution in [2.75, 3.05) is 20.3 Å². The molecule has 0 aromatic heterocycles. The van der Waals surface area contributed by atoms with E-state index in [2.05, 4.69) is 30.4 Å². The molecule has 41 heavy (non-hydrogen) atoms. The summed E-state index contributed by atoms with van der Waals surface area (Å²) in [5.41, 5.74) is 4.38.